The molecule has 1 saturated heterocycles. The average Bonchev–Trinajstić information content (AvgIpc) is 3.48. The smallest absolute Gasteiger partial charge is 0.246 e. The summed E-state index contributed by atoms with van der Waals surface area (Å²) < 4.78 is 1.98. The number of hydrogen-bond donors (Lipinski definition) is 3. The van der Waals surface area contributed by atoms with Crippen molar-refractivity contribution < 1.29 is 4.79 Å². The van der Waals surface area contributed by atoms with Gasteiger partial charge < -0.3 is 20.5 Å². The van der Waals surface area contributed by atoms with Gasteiger partial charge in [0.15, 0.2) is 0 Å². The first-order valence-corrected chi connectivity index (χ1v) is 11.8. The Labute approximate surface area is 194 Å². The van der Waals surface area contributed by atoms with E-state index in [-0.39, 0.29) is 18.0 Å². The molecule has 1 unspecified atom stereocenters. The summed E-state index contributed by atoms with van der Waals surface area (Å²) in [6, 6.07) is 2.62. The molecule has 0 aliphatic carbocycles. The second-order valence-electron chi connectivity index (χ2n) is 8.92. The molecule has 9 heteroatoms. The number of carbonyl (C=O) groups excluding carboxylic acids is 1. The van der Waals surface area contributed by atoms with E-state index in [0.29, 0.717) is 18.5 Å². The third-order valence-corrected chi connectivity index (χ3v) is 6.38. The quantitative estimate of drug-likeness (QED) is 0.411. The lowest BCUT2D eigenvalue weighted by Gasteiger charge is -2.38. The van der Waals surface area contributed by atoms with Crippen LogP contribution in [-0.2, 0) is 4.79 Å². The number of aromatic amines is 1. The van der Waals surface area contributed by atoms with Crippen molar-refractivity contribution in [2.45, 2.75) is 71.0 Å². The van der Waals surface area contributed by atoms with Crippen LogP contribution >= 0.6 is 0 Å². The maximum absolute atomic E-state index is 12.2. The molecule has 4 rings (SSSR count). The van der Waals surface area contributed by atoms with Gasteiger partial charge in [0, 0.05) is 37.1 Å². The fourth-order valence-electron chi connectivity index (χ4n) is 4.35. The first-order valence-electron chi connectivity index (χ1n) is 11.8. The zero-order valence-corrected chi connectivity index (χ0v) is 19.7. The molecule has 1 amide bonds. The summed E-state index contributed by atoms with van der Waals surface area (Å²) in [4.78, 5) is 26.7. The zero-order chi connectivity index (χ0) is 23.4. The van der Waals surface area contributed by atoms with Crippen molar-refractivity contribution in [2.24, 2.45) is 0 Å². The predicted octanol–water partition coefficient (Wildman–Crippen LogP) is 4.63. The topological polar surface area (TPSA) is 104 Å². The van der Waals surface area contributed by atoms with Gasteiger partial charge in [-0.1, -0.05) is 26.3 Å². The molecule has 9 nitrogen and oxygen atoms in total. The van der Waals surface area contributed by atoms with Gasteiger partial charge in [-0.15, -0.1) is 0 Å². The molecule has 33 heavy (non-hydrogen) atoms. The minimum atomic E-state index is -0.0315. The highest BCUT2D eigenvalue weighted by molar-refractivity contribution is 5.89. The van der Waals surface area contributed by atoms with Crippen LogP contribution in [0.25, 0.3) is 11.0 Å². The van der Waals surface area contributed by atoms with Gasteiger partial charge in [-0.25, -0.2) is 0 Å². The molecule has 176 valence electrons. The van der Waals surface area contributed by atoms with E-state index in [1.807, 2.05) is 28.0 Å². The van der Waals surface area contributed by atoms with Crippen molar-refractivity contribution in [3.8, 4) is 0 Å². The average molecular weight is 451 g/mol. The molecule has 3 atom stereocenters. The number of likely N-dealkylation sites (tertiary alicyclic amines) is 1. The van der Waals surface area contributed by atoms with Crippen molar-refractivity contribution in [3.05, 3.63) is 37.3 Å². The van der Waals surface area contributed by atoms with Gasteiger partial charge in [0.2, 0.25) is 11.9 Å². The monoisotopic (exact) mass is 450 g/mol. The van der Waals surface area contributed by atoms with Gasteiger partial charge in [0.05, 0.1) is 17.3 Å². The maximum atomic E-state index is 12.2. The van der Waals surface area contributed by atoms with E-state index < -0.39 is 0 Å². The third kappa shape index (κ3) is 5.18. The van der Waals surface area contributed by atoms with Crippen LogP contribution in [0.4, 0.5) is 17.5 Å². The van der Waals surface area contributed by atoms with E-state index in [0.717, 1.165) is 41.8 Å². The van der Waals surface area contributed by atoms with Crippen LogP contribution in [0.1, 0.15) is 58.9 Å². The van der Waals surface area contributed by atoms with Gasteiger partial charge >= 0.3 is 0 Å². The Balaban J connectivity index is 1.51. The minimum Gasteiger partial charge on any atom is -0.365 e. The Morgan fingerprint density at radius 2 is 2.24 bits per heavy atom. The van der Waals surface area contributed by atoms with Crippen LogP contribution in [0.3, 0.4) is 0 Å². The number of H-pyrrole nitrogens is 1. The molecular formula is C24H34N8O. The lowest BCUT2D eigenvalue weighted by Crippen LogP contribution is -2.49. The molecule has 0 radical (unpaired) electrons. The van der Waals surface area contributed by atoms with E-state index in [1.54, 1.807) is 6.20 Å². The molecule has 0 aromatic carbocycles. The summed E-state index contributed by atoms with van der Waals surface area (Å²) in [5, 5.41) is 12.3. The summed E-state index contributed by atoms with van der Waals surface area (Å²) in [5.74, 6) is 1.21. The SMILES string of the molecule is C=CC(=O)N1C[C@H](Nc2nc(Nc3cnn(C(C)CCCC)c3)nc3[nH]ccc23)CC[C@@H]1C. The Bertz CT molecular complexity index is 1100. The lowest BCUT2D eigenvalue weighted by atomic mass is 9.99. The van der Waals surface area contributed by atoms with Gasteiger partial charge in [0.25, 0.3) is 0 Å². The normalized spacial score (nSPS) is 19.4. The number of nitrogens with zero attached hydrogens (tertiary/aromatic N) is 5. The highest BCUT2D eigenvalue weighted by Gasteiger charge is 2.28. The van der Waals surface area contributed by atoms with Crippen LogP contribution in [0, 0.1) is 0 Å². The number of aromatic nitrogens is 5. The van der Waals surface area contributed by atoms with Crippen molar-refractivity contribution in [2.75, 3.05) is 17.2 Å². The molecular weight excluding hydrogens is 416 g/mol. The fourth-order valence-corrected chi connectivity index (χ4v) is 4.35. The molecule has 3 N–H and O–H groups in total. The number of rotatable bonds is 9. The Morgan fingerprint density at radius 1 is 1.39 bits per heavy atom. The number of amides is 1. The zero-order valence-electron chi connectivity index (χ0n) is 19.7. The van der Waals surface area contributed by atoms with Gasteiger partial charge in [-0.05, 0) is 45.3 Å². The standard InChI is InChI=1S/C24H34N8O/c1-5-7-8-17(4)32-15-19(13-26-32)28-24-29-22-20(11-12-25-22)23(30-24)27-18-10-9-16(3)31(14-18)21(33)6-2/h6,11-13,15-18H,2,5,7-10,14H2,1,3-4H3,(H3,25,27,28,29,30)/t16-,17?,18+/m0/s1. The van der Waals surface area contributed by atoms with Gasteiger partial charge in [-0.2, -0.15) is 15.1 Å². The molecule has 0 saturated carbocycles. The van der Waals surface area contributed by atoms with Crippen LogP contribution < -0.4 is 10.6 Å². The van der Waals surface area contributed by atoms with Crippen molar-refractivity contribution in [1.29, 1.82) is 0 Å². The van der Waals surface area contributed by atoms with E-state index >= 15 is 0 Å². The third-order valence-electron chi connectivity index (χ3n) is 6.38. The number of hydrogen-bond acceptors (Lipinski definition) is 6. The van der Waals surface area contributed by atoms with E-state index in [9.17, 15) is 4.79 Å². The molecule has 0 spiro atoms. The second-order valence-corrected chi connectivity index (χ2v) is 8.92. The number of unbranched alkanes of at least 4 members (excludes halogenated alkanes) is 1. The van der Waals surface area contributed by atoms with E-state index in [4.69, 9.17) is 4.98 Å². The highest BCUT2D eigenvalue weighted by atomic mass is 16.2. The van der Waals surface area contributed by atoms with Crippen LogP contribution in [0.5, 0.6) is 0 Å². The number of fused-ring (bicyclic) bond motifs is 1. The van der Waals surface area contributed by atoms with Crippen molar-refractivity contribution in [3.63, 3.8) is 0 Å². The first kappa shape index (κ1) is 22.8. The first-order chi connectivity index (χ1) is 16.0. The van der Waals surface area contributed by atoms with Crippen LogP contribution in [-0.4, -0.2) is 54.2 Å². The van der Waals surface area contributed by atoms with Gasteiger partial charge in [0.1, 0.15) is 11.5 Å². The minimum absolute atomic E-state index is 0.0315. The number of anilines is 3. The molecule has 3 aromatic rings. The summed E-state index contributed by atoms with van der Waals surface area (Å²) in [5.41, 5.74) is 1.60. The van der Waals surface area contributed by atoms with Crippen LogP contribution in [0.2, 0.25) is 0 Å². The van der Waals surface area contributed by atoms with Crippen molar-refractivity contribution >= 4 is 34.4 Å². The number of nitrogens with one attached hydrogen (secondary N) is 3. The molecule has 1 fully saturated rings. The molecule has 0 bridgehead atoms. The van der Waals surface area contributed by atoms with Gasteiger partial charge in [-0.3, -0.25) is 9.48 Å². The number of piperidine rings is 1. The molecule has 4 heterocycles. The Hall–Kier alpha value is -3.36. The van der Waals surface area contributed by atoms with Crippen LogP contribution in [0.15, 0.2) is 37.3 Å². The largest absolute Gasteiger partial charge is 0.365 e. The maximum Gasteiger partial charge on any atom is 0.246 e. The summed E-state index contributed by atoms with van der Waals surface area (Å²) in [6.45, 7) is 10.7. The Morgan fingerprint density at radius 3 is 3.03 bits per heavy atom. The summed E-state index contributed by atoms with van der Waals surface area (Å²) in [6.07, 6.45) is 12.4. The predicted molar refractivity (Wildman–Crippen MR) is 132 cm³/mol. The fraction of sp³-hybridized carbons (Fsp3) is 0.500. The lowest BCUT2D eigenvalue weighted by molar-refractivity contribution is -0.129. The van der Waals surface area contributed by atoms with E-state index in [1.165, 1.54) is 18.9 Å². The second kappa shape index (κ2) is 10.1. The molecule has 3 aromatic heterocycles. The van der Waals surface area contributed by atoms with Crippen molar-refractivity contribution in [1.82, 2.24) is 29.6 Å². The highest BCUT2D eigenvalue weighted by Crippen LogP contribution is 2.27. The summed E-state index contributed by atoms with van der Waals surface area (Å²) in [7, 11) is 0. The molecule has 1 aliphatic rings. The summed E-state index contributed by atoms with van der Waals surface area (Å²) >= 11 is 0. The van der Waals surface area contributed by atoms with E-state index in [2.05, 4.69) is 53.1 Å². The molecule has 1 aliphatic heterocycles. The number of carbonyl (C=O) groups is 1. The Kier molecular flexibility index (Phi) is 6.96.